The largest absolute Gasteiger partial charge is 0.466 e. The molecule has 0 amide bonds. The Morgan fingerprint density at radius 3 is 1.69 bits per heavy atom. The molecule has 0 aromatic carbocycles. The SMILES string of the molecule is C[N+](C)(C)CCO.N.Nc1ccn(C[C@@H]2O[C@H](CO)[C@@H](O)[C@H]2O)c(=O)n1.O=P(O)(O)O.O=P(O)(O)O. The van der Waals surface area contributed by atoms with Crippen LogP contribution >= 0.6 is 15.6 Å². The maximum absolute atomic E-state index is 11.5. The Labute approximate surface area is 206 Å². The second-order valence-corrected chi connectivity index (χ2v) is 9.98. The van der Waals surface area contributed by atoms with Crippen LogP contribution in [0.1, 0.15) is 0 Å². The summed E-state index contributed by atoms with van der Waals surface area (Å²) in [7, 11) is -3.12. The normalized spacial score (nSPS) is 21.5. The highest BCUT2D eigenvalue weighted by molar-refractivity contribution is 7.45. The molecule has 4 atom stereocenters. The summed E-state index contributed by atoms with van der Waals surface area (Å²) in [6, 6.07) is 1.45. The first-order valence-electron chi connectivity index (χ1n) is 9.52. The minimum Gasteiger partial charge on any atom is -0.394 e. The number of aliphatic hydroxyl groups excluding tert-OH is 4. The van der Waals surface area contributed by atoms with Crippen molar-refractivity contribution in [3.63, 3.8) is 0 Å². The van der Waals surface area contributed by atoms with Crippen LogP contribution in [0.5, 0.6) is 0 Å². The molecule has 36 heavy (non-hydrogen) atoms. The summed E-state index contributed by atoms with van der Waals surface area (Å²) in [5.41, 5.74) is 4.79. The van der Waals surface area contributed by atoms with Crippen molar-refractivity contribution < 1.29 is 68.1 Å². The molecule has 1 aliphatic heterocycles. The lowest BCUT2D eigenvalue weighted by atomic mass is 10.1. The molecule has 1 saturated heterocycles. The van der Waals surface area contributed by atoms with Crippen molar-refractivity contribution in [2.45, 2.75) is 31.0 Å². The molecule has 21 heteroatoms. The highest BCUT2D eigenvalue weighted by Gasteiger charge is 2.42. The van der Waals surface area contributed by atoms with E-state index in [9.17, 15) is 15.0 Å². The first kappa shape index (κ1) is 39.1. The molecule has 1 fully saturated rings. The molecular formula is C15H38N5O14P2+. The maximum atomic E-state index is 11.5. The average Bonchev–Trinajstić information content (AvgIpc) is 2.88. The summed E-state index contributed by atoms with van der Waals surface area (Å²) in [5.74, 6) is 0.109. The summed E-state index contributed by atoms with van der Waals surface area (Å²) < 4.78 is 25.1. The van der Waals surface area contributed by atoms with E-state index in [-0.39, 0.29) is 25.1 Å². The molecule has 0 bridgehead atoms. The zero-order valence-corrected chi connectivity index (χ0v) is 21.7. The van der Waals surface area contributed by atoms with Gasteiger partial charge < -0.3 is 70.9 Å². The lowest BCUT2D eigenvalue weighted by Gasteiger charge is -2.21. The Balaban J connectivity index is -0.000000502. The van der Waals surface area contributed by atoms with Crippen molar-refractivity contribution in [2.75, 3.05) is 46.6 Å². The third kappa shape index (κ3) is 23.0. The van der Waals surface area contributed by atoms with Crippen LogP contribution in [0.15, 0.2) is 17.1 Å². The van der Waals surface area contributed by atoms with Gasteiger partial charge in [0.25, 0.3) is 0 Å². The number of hydrogen-bond acceptors (Lipinski definition) is 11. The van der Waals surface area contributed by atoms with Crippen LogP contribution in [-0.4, -0.2) is 129 Å². The molecule has 1 aromatic heterocycles. The summed E-state index contributed by atoms with van der Waals surface area (Å²) in [6.45, 7) is 0.744. The number of likely N-dealkylation sites (N-methyl/N-ethyl adjacent to an activating group) is 1. The van der Waals surface area contributed by atoms with Gasteiger partial charge in [-0.25, -0.2) is 13.9 Å². The first-order chi connectivity index (χ1) is 15.6. The second kappa shape index (κ2) is 17.2. The maximum Gasteiger partial charge on any atom is 0.466 e. The highest BCUT2D eigenvalue weighted by atomic mass is 31.2. The van der Waals surface area contributed by atoms with Gasteiger partial charge in [-0.2, -0.15) is 4.98 Å². The van der Waals surface area contributed by atoms with Crippen molar-refractivity contribution in [1.29, 1.82) is 0 Å². The number of nitrogens with zero attached hydrogens (tertiary/aromatic N) is 3. The zero-order chi connectivity index (χ0) is 28.2. The Morgan fingerprint density at radius 1 is 1.00 bits per heavy atom. The molecule has 19 nitrogen and oxygen atoms in total. The zero-order valence-electron chi connectivity index (χ0n) is 19.9. The quantitative estimate of drug-likeness (QED) is 0.116. The number of hydrogen-bond donors (Lipinski definition) is 12. The van der Waals surface area contributed by atoms with Gasteiger partial charge in [0.15, 0.2) is 0 Å². The van der Waals surface area contributed by atoms with Gasteiger partial charge in [0.2, 0.25) is 0 Å². The van der Waals surface area contributed by atoms with Gasteiger partial charge in [-0.3, -0.25) is 4.57 Å². The fraction of sp³-hybridized carbons (Fsp3) is 0.733. The molecule has 216 valence electrons. The van der Waals surface area contributed by atoms with E-state index in [2.05, 4.69) is 26.1 Å². The number of quaternary nitrogens is 1. The summed E-state index contributed by atoms with van der Waals surface area (Å²) in [4.78, 5) is 58.1. The average molecular weight is 574 g/mol. The van der Waals surface area contributed by atoms with Gasteiger partial charge in [0.1, 0.15) is 36.8 Å². The van der Waals surface area contributed by atoms with Gasteiger partial charge in [0, 0.05) is 6.20 Å². The summed E-state index contributed by atoms with van der Waals surface area (Å²) in [5, 5.41) is 36.6. The number of rotatable bonds is 5. The monoisotopic (exact) mass is 574 g/mol. The van der Waals surface area contributed by atoms with Gasteiger partial charge in [-0.1, -0.05) is 0 Å². The lowest BCUT2D eigenvalue weighted by molar-refractivity contribution is -0.870. The van der Waals surface area contributed by atoms with Crippen molar-refractivity contribution in [3.8, 4) is 0 Å². The molecule has 0 radical (unpaired) electrons. The van der Waals surface area contributed by atoms with E-state index in [0.29, 0.717) is 0 Å². The molecule has 15 N–H and O–H groups in total. The Kier molecular flexibility index (Phi) is 18.7. The van der Waals surface area contributed by atoms with Gasteiger partial charge in [-0.05, 0) is 6.07 Å². The summed E-state index contributed by atoms with van der Waals surface area (Å²) >= 11 is 0. The van der Waals surface area contributed by atoms with Gasteiger partial charge in [-0.15, -0.1) is 0 Å². The Morgan fingerprint density at radius 2 is 1.42 bits per heavy atom. The van der Waals surface area contributed by atoms with Crippen LogP contribution in [0.2, 0.25) is 0 Å². The van der Waals surface area contributed by atoms with E-state index >= 15 is 0 Å². The highest BCUT2D eigenvalue weighted by Crippen LogP contribution is 2.26. The fourth-order valence-electron chi connectivity index (χ4n) is 2.20. The number of ether oxygens (including phenoxy) is 1. The molecule has 0 aliphatic carbocycles. The number of aromatic nitrogens is 2. The van der Waals surface area contributed by atoms with E-state index in [1.807, 2.05) is 0 Å². The molecule has 0 spiro atoms. The Bertz CT molecular complexity index is 850. The first-order valence-corrected chi connectivity index (χ1v) is 12.7. The second-order valence-electron chi connectivity index (χ2n) is 7.93. The molecule has 2 heterocycles. The van der Waals surface area contributed by atoms with Crippen LogP contribution in [0.3, 0.4) is 0 Å². The standard InChI is InChI=1S/C10H15N3O5.C5H14NO.H3N.2H3O4P/c11-7-1-2-13(10(17)12-7)3-5-8(15)9(16)6(4-14)18-5;1-6(2,3)4-5-7;;2*1-5(2,3)4/h1-2,5-6,8-9,14-16H,3-4H2,(H2,11,12,17);7H,4-5H2,1-3H3;1H3;2*(H3,1,2,3,4)/q;+1;;;/t5-,6+,8-,9+;;;;/m0..../s1. The van der Waals surface area contributed by atoms with E-state index in [0.717, 1.165) is 11.0 Å². The molecule has 0 saturated carbocycles. The van der Waals surface area contributed by atoms with Gasteiger partial charge >= 0.3 is 21.3 Å². The molecule has 1 aromatic rings. The van der Waals surface area contributed by atoms with Crippen molar-refractivity contribution in [2.24, 2.45) is 0 Å². The van der Waals surface area contributed by atoms with Gasteiger partial charge in [0.05, 0.1) is 40.9 Å². The van der Waals surface area contributed by atoms with E-state index in [4.69, 9.17) is 59.2 Å². The minimum atomic E-state index is -4.64. The van der Waals surface area contributed by atoms with Crippen molar-refractivity contribution in [1.82, 2.24) is 15.7 Å². The predicted molar refractivity (Wildman–Crippen MR) is 124 cm³/mol. The fourth-order valence-corrected chi connectivity index (χ4v) is 2.20. The van der Waals surface area contributed by atoms with Crippen LogP contribution in [0, 0.1) is 0 Å². The topological polar surface area (TPSA) is 342 Å². The molecule has 0 unspecified atom stereocenters. The lowest BCUT2D eigenvalue weighted by Crippen LogP contribution is -2.37. The molecular weight excluding hydrogens is 536 g/mol. The van der Waals surface area contributed by atoms with E-state index in [1.54, 1.807) is 0 Å². The number of phosphoric acid groups is 2. The van der Waals surface area contributed by atoms with Crippen LogP contribution in [0.25, 0.3) is 0 Å². The van der Waals surface area contributed by atoms with Crippen LogP contribution < -0.4 is 17.6 Å². The third-order valence-corrected chi connectivity index (χ3v) is 3.68. The van der Waals surface area contributed by atoms with Crippen LogP contribution in [-0.2, 0) is 20.4 Å². The van der Waals surface area contributed by atoms with Crippen molar-refractivity contribution in [3.05, 3.63) is 22.7 Å². The minimum absolute atomic E-state index is 0. The smallest absolute Gasteiger partial charge is 0.394 e. The number of aliphatic hydroxyl groups is 4. The van der Waals surface area contributed by atoms with E-state index < -0.39 is 52.4 Å². The Hall–Kier alpha value is -1.38. The third-order valence-electron chi connectivity index (χ3n) is 3.68. The van der Waals surface area contributed by atoms with Crippen LogP contribution in [0.4, 0.5) is 5.82 Å². The van der Waals surface area contributed by atoms with E-state index in [1.165, 1.54) is 16.8 Å². The summed E-state index contributed by atoms with van der Waals surface area (Å²) in [6.07, 6.45) is -2.52. The number of nitrogen functional groups attached to an aromatic ring is 1. The van der Waals surface area contributed by atoms with Crippen molar-refractivity contribution >= 4 is 21.5 Å². The molecule has 1 aliphatic rings. The number of anilines is 1. The molecule has 2 rings (SSSR count). The predicted octanol–water partition coefficient (Wildman–Crippen LogP) is -4.70. The number of nitrogens with two attached hydrogens (primary N) is 1.